The Morgan fingerprint density at radius 1 is 1.42 bits per heavy atom. The summed E-state index contributed by atoms with van der Waals surface area (Å²) in [5, 5.41) is 7.21. The number of hydrogen-bond donors (Lipinski definition) is 3. The number of hydrogen-bond acceptors (Lipinski definition) is 1. The number of H-pyrrole nitrogens is 1. The number of guanidine groups is 1. The van der Waals surface area contributed by atoms with Gasteiger partial charge in [0.2, 0.25) is 0 Å². The van der Waals surface area contributed by atoms with Crippen LogP contribution in [0.25, 0.3) is 10.9 Å². The van der Waals surface area contributed by atoms with Gasteiger partial charge < -0.3 is 15.6 Å². The maximum Gasteiger partial charge on any atom is 0.190 e. The van der Waals surface area contributed by atoms with Gasteiger partial charge in [0.1, 0.15) is 5.82 Å². The summed E-state index contributed by atoms with van der Waals surface area (Å²) in [5.41, 5.74) is 2.01. The number of nitrogens with one attached hydrogen (secondary N) is 3. The van der Waals surface area contributed by atoms with E-state index in [1.165, 1.54) is 17.7 Å². The van der Waals surface area contributed by atoms with E-state index < -0.39 is 0 Å². The van der Waals surface area contributed by atoms with Gasteiger partial charge in [-0.1, -0.05) is 0 Å². The number of fused-ring (bicyclic) bond motifs is 1. The molecule has 4 nitrogen and oxygen atoms in total. The fourth-order valence-corrected chi connectivity index (χ4v) is 1.96. The van der Waals surface area contributed by atoms with Gasteiger partial charge in [-0.15, -0.1) is 24.0 Å². The van der Waals surface area contributed by atoms with Crippen LogP contribution in [-0.2, 0) is 6.42 Å². The SMILES string of the molecule is CN=C(NC)NCCc1c[nH]c2cc(F)ccc12.I. The minimum Gasteiger partial charge on any atom is -0.361 e. The van der Waals surface area contributed by atoms with Crippen molar-refractivity contribution in [3.05, 3.63) is 35.8 Å². The highest BCUT2D eigenvalue weighted by Crippen LogP contribution is 2.19. The molecule has 1 heterocycles. The third kappa shape index (κ3) is 3.82. The zero-order chi connectivity index (χ0) is 13.0. The molecule has 1 aromatic carbocycles. The molecular formula is C13H18FIN4. The first-order valence-electron chi connectivity index (χ1n) is 5.88. The first-order chi connectivity index (χ1) is 8.74. The Balaban J connectivity index is 0.00000180. The minimum atomic E-state index is -0.218. The van der Waals surface area contributed by atoms with Crippen LogP contribution in [0.2, 0.25) is 0 Å². The van der Waals surface area contributed by atoms with Crippen LogP contribution in [0.15, 0.2) is 29.4 Å². The Kier molecular flexibility index (Phi) is 6.07. The topological polar surface area (TPSA) is 52.2 Å². The first-order valence-corrected chi connectivity index (χ1v) is 5.88. The van der Waals surface area contributed by atoms with E-state index in [2.05, 4.69) is 20.6 Å². The molecule has 0 spiro atoms. The Labute approximate surface area is 128 Å². The lowest BCUT2D eigenvalue weighted by molar-refractivity contribution is 0.629. The molecule has 0 aliphatic heterocycles. The Morgan fingerprint density at radius 2 is 2.21 bits per heavy atom. The zero-order valence-electron chi connectivity index (χ0n) is 11.0. The molecule has 0 aliphatic carbocycles. The van der Waals surface area contributed by atoms with Crippen LogP contribution in [0.1, 0.15) is 5.56 Å². The van der Waals surface area contributed by atoms with Crippen molar-refractivity contribution in [3.8, 4) is 0 Å². The van der Waals surface area contributed by atoms with Crippen LogP contribution in [-0.4, -0.2) is 31.6 Å². The van der Waals surface area contributed by atoms with Crippen molar-refractivity contribution in [3.63, 3.8) is 0 Å². The highest BCUT2D eigenvalue weighted by atomic mass is 127. The maximum absolute atomic E-state index is 13.0. The van der Waals surface area contributed by atoms with Crippen LogP contribution >= 0.6 is 24.0 Å². The fourth-order valence-electron chi connectivity index (χ4n) is 1.96. The number of aromatic nitrogens is 1. The maximum atomic E-state index is 13.0. The number of aromatic amines is 1. The highest BCUT2D eigenvalue weighted by Gasteiger charge is 2.04. The predicted molar refractivity (Wildman–Crippen MR) is 87.8 cm³/mol. The van der Waals surface area contributed by atoms with E-state index in [0.717, 1.165) is 29.8 Å². The van der Waals surface area contributed by atoms with Crippen molar-refractivity contribution in [1.29, 1.82) is 0 Å². The number of halogens is 2. The summed E-state index contributed by atoms with van der Waals surface area (Å²) in [6, 6.07) is 4.81. The van der Waals surface area contributed by atoms with E-state index >= 15 is 0 Å². The second-order valence-electron chi connectivity index (χ2n) is 4.00. The third-order valence-corrected chi connectivity index (χ3v) is 2.88. The Hall–Kier alpha value is -1.31. The standard InChI is InChI=1S/C13H17FN4.HI/c1-15-13(16-2)17-6-5-9-8-18-12-7-10(14)3-4-11(9)12;/h3-4,7-8,18H,5-6H2,1-2H3,(H2,15,16,17);1H. The number of aliphatic imine (C=N–C) groups is 1. The lowest BCUT2D eigenvalue weighted by Gasteiger charge is -2.07. The van der Waals surface area contributed by atoms with Gasteiger partial charge in [-0.25, -0.2) is 4.39 Å². The van der Waals surface area contributed by atoms with Crippen LogP contribution in [0.4, 0.5) is 4.39 Å². The number of benzene rings is 1. The van der Waals surface area contributed by atoms with Crippen LogP contribution in [0.3, 0.4) is 0 Å². The minimum absolute atomic E-state index is 0. The summed E-state index contributed by atoms with van der Waals surface area (Å²) in [6.45, 7) is 0.776. The van der Waals surface area contributed by atoms with Gasteiger partial charge >= 0.3 is 0 Å². The largest absolute Gasteiger partial charge is 0.361 e. The van der Waals surface area contributed by atoms with Crippen molar-refractivity contribution < 1.29 is 4.39 Å². The predicted octanol–water partition coefficient (Wildman–Crippen LogP) is 2.26. The summed E-state index contributed by atoms with van der Waals surface area (Å²) >= 11 is 0. The van der Waals surface area contributed by atoms with E-state index in [9.17, 15) is 4.39 Å². The molecule has 19 heavy (non-hydrogen) atoms. The van der Waals surface area contributed by atoms with Gasteiger partial charge in [0.15, 0.2) is 5.96 Å². The molecule has 0 radical (unpaired) electrons. The molecule has 0 fully saturated rings. The van der Waals surface area contributed by atoms with Crippen molar-refractivity contribution in [2.24, 2.45) is 4.99 Å². The lowest BCUT2D eigenvalue weighted by atomic mass is 10.1. The molecule has 0 bridgehead atoms. The van der Waals surface area contributed by atoms with Crippen molar-refractivity contribution in [2.75, 3.05) is 20.6 Å². The van der Waals surface area contributed by atoms with E-state index in [4.69, 9.17) is 0 Å². The average molecular weight is 376 g/mol. The summed E-state index contributed by atoms with van der Waals surface area (Å²) in [5.74, 6) is 0.547. The van der Waals surface area contributed by atoms with Gasteiger partial charge in [0.25, 0.3) is 0 Å². The van der Waals surface area contributed by atoms with Gasteiger partial charge in [0.05, 0.1) is 0 Å². The molecule has 2 aromatic rings. The van der Waals surface area contributed by atoms with Gasteiger partial charge in [-0.3, -0.25) is 4.99 Å². The number of nitrogens with zero attached hydrogens (tertiary/aromatic N) is 1. The van der Waals surface area contributed by atoms with E-state index in [1.807, 2.05) is 19.3 Å². The van der Waals surface area contributed by atoms with Crippen molar-refractivity contribution in [1.82, 2.24) is 15.6 Å². The van der Waals surface area contributed by atoms with Gasteiger partial charge in [0, 0.05) is 37.7 Å². The second kappa shape index (κ2) is 7.32. The lowest BCUT2D eigenvalue weighted by Crippen LogP contribution is -2.35. The Morgan fingerprint density at radius 3 is 2.89 bits per heavy atom. The fraction of sp³-hybridized carbons (Fsp3) is 0.308. The summed E-state index contributed by atoms with van der Waals surface area (Å²) < 4.78 is 13.0. The van der Waals surface area contributed by atoms with Crippen molar-refractivity contribution in [2.45, 2.75) is 6.42 Å². The molecule has 0 amide bonds. The second-order valence-corrected chi connectivity index (χ2v) is 4.00. The molecule has 0 aliphatic rings. The highest BCUT2D eigenvalue weighted by molar-refractivity contribution is 14.0. The first kappa shape index (κ1) is 15.7. The smallest absolute Gasteiger partial charge is 0.190 e. The molecule has 0 saturated carbocycles. The molecule has 6 heteroatoms. The molecule has 104 valence electrons. The quantitative estimate of drug-likeness (QED) is 0.437. The zero-order valence-corrected chi connectivity index (χ0v) is 13.3. The van der Waals surface area contributed by atoms with E-state index in [1.54, 1.807) is 7.05 Å². The Bertz CT molecular complexity index is 565. The monoisotopic (exact) mass is 376 g/mol. The van der Waals surface area contributed by atoms with Crippen LogP contribution in [0, 0.1) is 5.82 Å². The molecule has 0 atom stereocenters. The van der Waals surface area contributed by atoms with Gasteiger partial charge in [-0.05, 0) is 30.2 Å². The molecule has 0 saturated heterocycles. The third-order valence-electron chi connectivity index (χ3n) is 2.88. The number of rotatable bonds is 3. The molecule has 2 rings (SSSR count). The van der Waals surface area contributed by atoms with Crippen molar-refractivity contribution >= 4 is 40.8 Å². The summed E-state index contributed by atoms with van der Waals surface area (Å²) in [7, 11) is 3.55. The molecule has 1 aromatic heterocycles. The van der Waals surface area contributed by atoms with Crippen LogP contribution < -0.4 is 10.6 Å². The van der Waals surface area contributed by atoms with Crippen LogP contribution in [0.5, 0.6) is 0 Å². The average Bonchev–Trinajstić information content (AvgIpc) is 2.77. The summed E-state index contributed by atoms with van der Waals surface area (Å²) in [6.07, 6.45) is 2.78. The molecular weight excluding hydrogens is 358 g/mol. The normalized spacial score (nSPS) is 11.2. The molecule has 0 unspecified atom stereocenters. The molecule has 3 N–H and O–H groups in total. The van der Waals surface area contributed by atoms with E-state index in [0.29, 0.717) is 0 Å². The van der Waals surface area contributed by atoms with Gasteiger partial charge in [-0.2, -0.15) is 0 Å². The van der Waals surface area contributed by atoms with E-state index in [-0.39, 0.29) is 29.8 Å². The summed E-state index contributed by atoms with van der Waals surface area (Å²) in [4.78, 5) is 7.12.